The van der Waals surface area contributed by atoms with Gasteiger partial charge in [-0.1, -0.05) is 24.3 Å². The summed E-state index contributed by atoms with van der Waals surface area (Å²) in [5.41, 5.74) is 1.78. The van der Waals surface area contributed by atoms with Gasteiger partial charge in [0.05, 0.1) is 21.3 Å². The van der Waals surface area contributed by atoms with Crippen molar-refractivity contribution >= 4 is 27.6 Å². The Bertz CT molecular complexity index is 974. The van der Waals surface area contributed by atoms with E-state index in [0.29, 0.717) is 6.61 Å². The van der Waals surface area contributed by atoms with Crippen LogP contribution in [0.3, 0.4) is 0 Å². The fourth-order valence-corrected chi connectivity index (χ4v) is 4.64. The van der Waals surface area contributed by atoms with E-state index in [1.807, 2.05) is 45.0 Å². The Balaban J connectivity index is 1.32. The summed E-state index contributed by atoms with van der Waals surface area (Å²) in [7, 11) is 0. The standard InChI is InChI=1S/C24H28N2O3S/c1-24(2,3)29-23(27)26-14-6-7-18(26)16-28-19-12-10-17(11-13-19)15-22-25-20-8-4-5-9-21(20)30-22/h4-5,8-13,18H,6-7,14-16H2,1-3H3/t18-/m1/s1. The number of para-hydroxylation sites is 1. The molecule has 2 aromatic carbocycles. The van der Waals surface area contributed by atoms with E-state index >= 15 is 0 Å². The number of likely N-dealkylation sites (tertiary alicyclic amines) is 1. The van der Waals surface area contributed by atoms with E-state index in [2.05, 4.69) is 24.3 Å². The lowest BCUT2D eigenvalue weighted by atomic mass is 10.1. The van der Waals surface area contributed by atoms with Gasteiger partial charge in [0.25, 0.3) is 0 Å². The van der Waals surface area contributed by atoms with Crippen LogP contribution in [0.15, 0.2) is 48.5 Å². The predicted octanol–water partition coefficient (Wildman–Crippen LogP) is 5.67. The number of ether oxygens (including phenoxy) is 2. The molecule has 6 heteroatoms. The van der Waals surface area contributed by atoms with E-state index in [1.165, 1.54) is 10.3 Å². The number of aromatic nitrogens is 1. The molecule has 158 valence electrons. The molecule has 1 amide bonds. The van der Waals surface area contributed by atoms with E-state index in [1.54, 1.807) is 16.2 Å². The minimum Gasteiger partial charge on any atom is -0.491 e. The van der Waals surface area contributed by atoms with E-state index in [4.69, 9.17) is 14.5 Å². The number of fused-ring (bicyclic) bond motifs is 1. The molecule has 0 aliphatic carbocycles. The predicted molar refractivity (Wildman–Crippen MR) is 120 cm³/mol. The average molecular weight is 425 g/mol. The fourth-order valence-electron chi connectivity index (χ4n) is 3.64. The second-order valence-electron chi connectivity index (χ2n) is 8.68. The summed E-state index contributed by atoms with van der Waals surface area (Å²) in [6.45, 7) is 6.88. The van der Waals surface area contributed by atoms with Gasteiger partial charge in [0.1, 0.15) is 18.0 Å². The number of benzene rings is 2. The van der Waals surface area contributed by atoms with Gasteiger partial charge in [0, 0.05) is 13.0 Å². The molecule has 0 bridgehead atoms. The molecule has 3 aromatic rings. The maximum atomic E-state index is 12.4. The average Bonchev–Trinajstić information content (AvgIpc) is 3.32. The number of amides is 1. The smallest absolute Gasteiger partial charge is 0.410 e. The van der Waals surface area contributed by atoms with Gasteiger partial charge >= 0.3 is 6.09 Å². The van der Waals surface area contributed by atoms with Crippen molar-refractivity contribution in [3.05, 3.63) is 59.1 Å². The molecule has 2 heterocycles. The SMILES string of the molecule is CC(C)(C)OC(=O)N1CCC[C@@H]1COc1ccc(Cc2nc3ccccc3s2)cc1. The van der Waals surface area contributed by atoms with Gasteiger partial charge in [-0.15, -0.1) is 11.3 Å². The number of hydrogen-bond acceptors (Lipinski definition) is 5. The van der Waals surface area contributed by atoms with Crippen molar-refractivity contribution in [2.75, 3.05) is 13.2 Å². The summed E-state index contributed by atoms with van der Waals surface area (Å²) in [6, 6.07) is 16.4. The molecule has 1 saturated heterocycles. The number of carbonyl (C=O) groups excluding carboxylic acids is 1. The van der Waals surface area contributed by atoms with E-state index in [-0.39, 0.29) is 12.1 Å². The van der Waals surface area contributed by atoms with Crippen LogP contribution in [0, 0.1) is 0 Å². The highest BCUT2D eigenvalue weighted by molar-refractivity contribution is 7.18. The first-order chi connectivity index (χ1) is 14.4. The first-order valence-corrected chi connectivity index (χ1v) is 11.2. The van der Waals surface area contributed by atoms with Crippen molar-refractivity contribution in [2.45, 2.75) is 51.7 Å². The topological polar surface area (TPSA) is 51.7 Å². The highest BCUT2D eigenvalue weighted by Crippen LogP contribution is 2.25. The molecular formula is C24H28N2O3S. The summed E-state index contributed by atoms with van der Waals surface area (Å²) in [6.07, 6.45) is 2.48. The summed E-state index contributed by atoms with van der Waals surface area (Å²) in [5.74, 6) is 0.819. The van der Waals surface area contributed by atoms with Crippen LogP contribution < -0.4 is 4.74 Å². The largest absolute Gasteiger partial charge is 0.491 e. The van der Waals surface area contributed by atoms with Crippen LogP contribution in [-0.2, 0) is 11.2 Å². The minimum atomic E-state index is -0.482. The van der Waals surface area contributed by atoms with Crippen molar-refractivity contribution in [3.63, 3.8) is 0 Å². The second-order valence-corrected chi connectivity index (χ2v) is 9.79. The van der Waals surface area contributed by atoms with E-state index in [9.17, 15) is 4.79 Å². The van der Waals surface area contributed by atoms with Crippen molar-refractivity contribution in [1.29, 1.82) is 0 Å². The maximum absolute atomic E-state index is 12.4. The summed E-state index contributed by atoms with van der Waals surface area (Å²) in [5, 5.41) is 1.11. The Kier molecular flexibility index (Phi) is 5.95. The van der Waals surface area contributed by atoms with Crippen LogP contribution in [-0.4, -0.2) is 40.8 Å². The molecule has 0 unspecified atom stereocenters. The van der Waals surface area contributed by atoms with Crippen LogP contribution in [0.25, 0.3) is 10.2 Å². The van der Waals surface area contributed by atoms with Gasteiger partial charge in [-0.3, -0.25) is 0 Å². The lowest BCUT2D eigenvalue weighted by Crippen LogP contribution is -2.42. The Labute approximate surface area is 181 Å². The Morgan fingerprint density at radius 1 is 1.17 bits per heavy atom. The molecular weight excluding hydrogens is 396 g/mol. The van der Waals surface area contributed by atoms with Crippen molar-refractivity contribution in [3.8, 4) is 5.75 Å². The fraction of sp³-hybridized carbons (Fsp3) is 0.417. The van der Waals surface area contributed by atoms with Crippen molar-refractivity contribution in [2.24, 2.45) is 0 Å². The lowest BCUT2D eigenvalue weighted by molar-refractivity contribution is 0.0187. The number of rotatable bonds is 5. The van der Waals surface area contributed by atoms with Crippen LogP contribution in [0.2, 0.25) is 0 Å². The van der Waals surface area contributed by atoms with Crippen LogP contribution in [0.1, 0.15) is 44.2 Å². The minimum absolute atomic E-state index is 0.0577. The third-order valence-electron chi connectivity index (χ3n) is 5.06. The van der Waals surface area contributed by atoms with E-state index < -0.39 is 5.60 Å². The molecule has 1 atom stereocenters. The maximum Gasteiger partial charge on any atom is 0.410 e. The van der Waals surface area contributed by atoms with Crippen molar-refractivity contribution < 1.29 is 14.3 Å². The molecule has 1 aliphatic heterocycles. The number of thiazole rings is 1. The van der Waals surface area contributed by atoms with Crippen molar-refractivity contribution in [1.82, 2.24) is 9.88 Å². The first kappa shape index (κ1) is 20.7. The molecule has 0 saturated carbocycles. The molecule has 1 aliphatic rings. The monoisotopic (exact) mass is 424 g/mol. The molecule has 1 aromatic heterocycles. The summed E-state index contributed by atoms with van der Waals surface area (Å²) in [4.78, 5) is 18.9. The molecule has 0 N–H and O–H groups in total. The summed E-state index contributed by atoms with van der Waals surface area (Å²) >= 11 is 1.74. The highest BCUT2D eigenvalue weighted by atomic mass is 32.1. The molecule has 5 nitrogen and oxygen atoms in total. The Morgan fingerprint density at radius 3 is 2.67 bits per heavy atom. The Hall–Kier alpha value is -2.60. The number of hydrogen-bond donors (Lipinski definition) is 0. The van der Waals surface area contributed by atoms with Gasteiger partial charge in [-0.05, 0) is 63.4 Å². The zero-order valence-corrected chi connectivity index (χ0v) is 18.6. The normalized spacial score (nSPS) is 16.8. The van der Waals surface area contributed by atoms with Gasteiger partial charge < -0.3 is 14.4 Å². The first-order valence-electron chi connectivity index (χ1n) is 10.4. The van der Waals surface area contributed by atoms with Gasteiger partial charge in [-0.2, -0.15) is 0 Å². The third-order valence-corrected chi connectivity index (χ3v) is 6.10. The molecule has 0 radical (unpaired) electrons. The third kappa shape index (κ3) is 5.11. The van der Waals surface area contributed by atoms with Crippen LogP contribution in [0.5, 0.6) is 5.75 Å². The Morgan fingerprint density at radius 2 is 1.93 bits per heavy atom. The van der Waals surface area contributed by atoms with E-state index in [0.717, 1.165) is 42.1 Å². The number of carbonyl (C=O) groups is 1. The van der Waals surface area contributed by atoms with Gasteiger partial charge in [0.2, 0.25) is 0 Å². The highest BCUT2D eigenvalue weighted by Gasteiger charge is 2.32. The van der Waals surface area contributed by atoms with Gasteiger partial charge in [-0.25, -0.2) is 9.78 Å². The zero-order valence-electron chi connectivity index (χ0n) is 17.8. The number of nitrogens with zero attached hydrogens (tertiary/aromatic N) is 2. The quantitative estimate of drug-likeness (QED) is 0.530. The second kappa shape index (κ2) is 8.64. The zero-order chi connectivity index (χ0) is 21.1. The molecule has 4 rings (SSSR count). The molecule has 0 spiro atoms. The summed E-state index contributed by atoms with van der Waals surface area (Å²) < 4.78 is 12.7. The molecule has 30 heavy (non-hydrogen) atoms. The van der Waals surface area contributed by atoms with Crippen LogP contribution >= 0.6 is 11.3 Å². The van der Waals surface area contributed by atoms with Crippen LogP contribution in [0.4, 0.5) is 4.79 Å². The van der Waals surface area contributed by atoms with Gasteiger partial charge in [0.15, 0.2) is 0 Å². The molecule has 1 fully saturated rings. The lowest BCUT2D eigenvalue weighted by Gasteiger charge is -2.28.